The average Bonchev–Trinajstić information content (AvgIpc) is 2.30. The molecule has 0 fully saturated rings. The molecule has 1 rings (SSSR count). The third-order valence-electron chi connectivity index (χ3n) is 2.52. The molecule has 0 aliphatic carbocycles. The average molecular weight is 303 g/mol. The van der Waals surface area contributed by atoms with Gasteiger partial charge in [0.15, 0.2) is 0 Å². The standard InChI is InChI=1S/C12H15ClN2O3S/c1-12(2,8-14)5-6-18-11-4-3-9(7-10(11)13)19(15,16)17/h3-4,7H,5-6H2,1-2H3,(H2,15,16,17). The Labute approximate surface area is 118 Å². The lowest BCUT2D eigenvalue weighted by atomic mass is 9.92. The second kappa shape index (κ2) is 5.78. The van der Waals surface area contributed by atoms with E-state index in [1.807, 2.05) is 13.8 Å². The molecule has 0 amide bonds. The number of rotatable bonds is 5. The van der Waals surface area contributed by atoms with Crippen molar-refractivity contribution < 1.29 is 13.2 Å². The van der Waals surface area contributed by atoms with E-state index in [4.69, 9.17) is 26.7 Å². The van der Waals surface area contributed by atoms with Crippen LogP contribution in [-0.4, -0.2) is 15.0 Å². The first-order valence-electron chi connectivity index (χ1n) is 5.52. The molecular formula is C12H15ClN2O3S. The van der Waals surface area contributed by atoms with E-state index in [2.05, 4.69) is 6.07 Å². The number of ether oxygens (including phenoxy) is 1. The maximum absolute atomic E-state index is 11.1. The van der Waals surface area contributed by atoms with E-state index in [1.54, 1.807) is 0 Å². The molecule has 0 saturated heterocycles. The monoisotopic (exact) mass is 302 g/mol. The Hall–Kier alpha value is -1.29. The Morgan fingerprint density at radius 1 is 1.47 bits per heavy atom. The highest BCUT2D eigenvalue weighted by Gasteiger charge is 2.17. The lowest BCUT2D eigenvalue weighted by Gasteiger charge is -2.15. The number of primary sulfonamides is 1. The first-order chi connectivity index (χ1) is 8.65. The van der Waals surface area contributed by atoms with Crippen molar-refractivity contribution in [1.29, 1.82) is 5.26 Å². The van der Waals surface area contributed by atoms with Crippen LogP contribution >= 0.6 is 11.6 Å². The van der Waals surface area contributed by atoms with Gasteiger partial charge in [0.25, 0.3) is 0 Å². The Morgan fingerprint density at radius 2 is 2.11 bits per heavy atom. The van der Waals surface area contributed by atoms with Gasteiger partial charge in [-0.25, -0.2) is 13.6 Å². The molecule has 7 heteroatoms. The minimum Gasteiger partial charge on any atom is -0.492 e. The molecule has 0 saturated carbocycles. The van der Waals surface area contributed by atoms with Gasteiger partial charge in [-0.15, -0.1) is 0 Å². The summed E-state index contributed by atoms with van der Waals surface area (Å²) in [7, 11) is -3.77. The number of hydrogen-bond acceptors (Lipinski definition) is 4. The Kier molecular flexibility index (Phi) is 4.80. The lowest BCUT2D eigenvalue weighted by molar-refractivity contribution is 0.264. The number of nitrogens with zero attached hydrogens (tertiary/aromatic N) is 1. The van der Waals surface area contributed by atoms with Gasteiger partial charge in [0.1, 0.15) is 5.75 Å². The highest BCUT2D eigenvalue weighted by Crippen LogP contribution is 2.28. The Bertz CT molecular complexity index is 606. The van der Waals surface area contributed by atoms with Gasteiger partial charge < -0.3 is 4.74 Å². The van der Waals surface area contributed by atoms with Crippen molar-refractivity contribution in [1.82, 2.24) is 0 Å². The fourth-order valence-electron chi connectivity index (χ4n) is 1.25. The summed E-state index contributed by atoms with van der Waals surface area (Å²) in [5.74, 6) is 0.364. The maximum atomic E-state index is 11.1. The number of hydrogen-bond donors (Lipinski definition) is 1. The summed E-state index contributed by atoms with van der Waals surface area (Å²) >= 11 is 5.91. The molecule has 104 valence electrons. The van der Waals surface area contributed by atoms with Gasteiger partial charge in [-0.1, -0.05) is 11.6 Å². The summed E-state index contributed by atoms with van der Waals surface area (Å²) in [6.45, 7) is 3.93. The molecule has 0 unspecified atom stereocenters. The van der Waals surface area contributed by atoms with E-state index in [0.717, 1.165) is 0 Å². The van der Waals surface area contributed by atoms with Crippen LogP contribution in [0.2, 0.25) is 5.02 Å². The van der Waals surface area contributed by atoms with Crippen molar-refractivity contribution in [3.05, 3.63) is 23.2 Å². The fraction of sp³-hybridized carbons (Fsp3) is 0.417. The Balaban J connectivity index is 2.75. The van der Waals surface area contributed by atoms with E-state index >= 15 is 0 Å². The molecule has 1 aromatic rings. The van der Waals surface area contributed by atoms with Crippen LogP contribution in [0.15, 0.2) is 23.1 Å². The smallest absolute Gasteiger partial charge is 0.238 e. The number of benzene rings is 1. The predicted molar refractivity (Wildman–Crippen MR) is 72.3 cm³/mol. The van der Waals surface area contributed by atoms with Crippen LogP contribution in [0, 0.1) is 16.7 Å². The lowest BCUT2D eigenvalue weighted by Crippen LogP contribution is -2.14. The molecule has 2 N–H and O–H groups in total. The van der Waals surface area contributed by atoms with Gasteiger partial charge >= 0.3 is 0 Å². The quantitative estimate of drug-likeness (QED) is 0.903. The van der Waals surface area contributed by atoms with Crippen LogP contribution in [-0.2, 0) is 10.0 Å². The topological polar surface area (TPSA) is 93.2 Å². The fourth-order valence-corrected chi connectivity index (χ4v) is 2.09. The Morgan fingerprint density at radius 3 is 2.58 bits per heavy atom. The van der Waals surface area contributed by atoms with Crippen LogP contribution in [0.5, 0.6) is 5.75 Å². The van der Waals surface area contributed by atoms with Crippen LogP contribution in [0.3, 0.4) is 0 Å². The molecule has 0 aliphatic rings. The number of nitrogens with two attached hydrogens (primary N) is 1. The third kappa shape index (κ3) is 4.71. The molecule has 0 spiro atoms. The van der Waals surface area contributed by atoms with Crippen molar-refractivity contribution in [2.75, 3.05) is 6.61 Å². The number of sulfonamides is 1. The molecule has 0 aromatic heterocycles. The minimum atomic E-state index is -3.77. The van der Waals surface area contributed by atoms with Crippen LogP contribution in [0.1, 0.15) is 20.3 Å². The predicted octanol–water partition coefficient (Wildman–Crippen LogP) is 2.31. The van der Waals surface area contributed by atoms with Gasteiger partial charge in [-0.2, -0.15) is 5.26 Å². The van der Waals surface area contributed by atoms with Crippen LogP contribution in [0.25, 0.3) is 0 Å². The van der Waals surface area contributed by atoms with E-state index in [1.165, 1.54) is 18.2 Å². The van der Waals surface area contributed by atoms with Crippen molar-refractivity contribution in [3.8, 4) is 11.8 Å². The largest absolute Gasteiger partial charge is 0.492 e. The molecule has 19 heavy (non-hydrogen) atoms. The molecule has 0 heterocycles. The molecule has 5 nitrogen and oxygen atoms in total. The number of halogens is 1. The summed E-state index contributed by atoms with van der Waals surface area (Å²) in [5, 5.41) is 14.0. The molecule has 0 aliphatic heterocycles. The highest BCUT2D eigenvalue weighted by atomic mass is 35.5. The van der Waals surface area contributed by atoms with Crippen molar-refractivity contribution in [3.63, 3.8) is 0 Å². The van der Waals surface area contributed by atoms with Crippen molar-refractivity contribution in [2.45, 2.75) is 25.2 Å². The second-order valence-electron chi connectivity index (χ2n) is 4.73. The maximum Gasteiger partial charge on any atom is 0.238 e. The molecule has 0 radical (unpaired) electrons. The van der Waals surface area contributed by atoms with Crippen LogP contribution in [0.4, 0.5) is 0 Å². The molecule has 0 atom stereocenters. The molecular weight excluding hydrogens is 288 g/mol. The summed E-state index contributed by atoms with van der Waals surface area (Å²) in [6.07, 6.45) is 0.538. The first kappa shape index (κ1) is 15.8. The zero-order chi connectivity index (χ0) is 14.7. The summed E-state index contributed by atoms with van der Waals surface area (Å²) in [6, 6.07) is 6.17. The summed E-state index contributed by atoms with van der Waals surface area (Å²) in [4.78, 5) is -0.0674. The van der Waals surface area contributed by atoms with Crippen molar-refractivity contribution in [2.24, 2.45) is 10.6 Å². The van der Waals surface area contributed by atoms with E-state index in [0.29, 0.717) is 18.8 Å². The van der Waals surface area contributed by atoms with Crippen LogP contribution < -0.4 is 9.88 Å². The normalized spacial score (nSPS) is 11.9. The summed E-state index contributed by atoms with van der Waals surface area (Å²) < 4.78 is 27.7. The minimum absolute atomic E-state index is 0.0674. The van der Waals surface area contributed by atoms with Crippen molar-refractivity contribution >= 4 is 21.6 Å². The summed E-state index contributed by atoms with van der Waals surface area (Å²) in [5.41, 5.74) is -0.479. The SMILES string of the molecule is CC(C)(C#N)CCOc1ccc(S(N)(=O)=O)cc1Cl. The second-order valence-corrected chi connectivity index (χ2v) is 6.70. The van der Waals surface area contributed by atoms with E-state index < -0.39 is 15.4 Å². The van der Waals surface area contributed by atoms with Gasteiger partial charge in [-0.3, -0.25) is 0 Å². The molecule has 1 aromatic carbocycles. The first-order valence-corrected chi connectivity index (χ1v) is 7.44. The van der Waals surface area contributed by atoms with Gasteiger partial charge in [0.2, 0.25) is 10.0 Å². The third-order valence-corrected chi connectivity index (χ3v) is 3.73. The van der Waals surface area contributed by atoms with Gasteiger partial charge in [0.05, 0.1) is 28.0 Å². The molecule has 0 bridgehead atoms. The highest BCUT2D eigenvalue weighted by molar-refractivity contribution is 7.89. The van der Waals surface area contributed by atoms with E-state index in [-0.39, 0.29) is 9.92 Å². The zero-order valence-corrected chi connectivity index (χ0v) is 12.3. The van der Waals surface area contributed by atoms with E-state index in [9.17, 15) is 8.42 Å². The van der Waals surface area contributed by atoms with Gasteiger partial charge in [-0.05, 0) is 38.5 Å². The number of nitriles is 1. The van der Waals surface area contributed by atoms with Gasteiger partial charge in [0, 0.05) is 0 Å². The zero-order valence-electron chi connectivity index (χ0n) is 10.7.